The first kappa shape index (κ1) is 16.4. The Kier molecular flexibility index (Phi) is 6.45. The third-order valence-electron chi connectivity index (χ3n) is 3.19. The minimum Gasteiger partial charge on any atom is -0.389 e. The van der Waals surface area contributed by atoms with Gasteiger partial charge >= 0.3 is 0 Å². The van der Waals surface area contributed by atoms with Crippen LogP contribution in [0.25, 0.3) is 0 Å². The van der Waals surface area contributed by atoms with Gasteiger partial charge in [-0.1, -0.05) is 19.1 Å². The maximum absolute atomic E-state index is 11.6. The number of hydrogen-bond donors (Lipinski definition) is 3. The standard InChI is InChI=1S/C15H23N3OS/c1-4-11(3)18-14(19)7-8-17-12-5-6-13(15(16)20)10(2)9-12/h5-6,9,11,17H,4,7-8H2,1-3H3,(H2,16,20)(H,18,19). The molecular weight excluding hydrogens is 270 g/mol. The molecule has 1 aromatic rings. The summed E-state index contributed by atoms with van der Waals surface area (Å²) in [6, 6.07) is 6.04. The molecule has 1 rings (SSSR count). The summed E-state index contributed by atoms with van der Waals surface area (Å²) >= 11 is 4.97. The summed E-state index contributed by atoms with van der Waals surface area (Å²) < 4.78 is 0. The lowest BCUT2D eigenvalue weighted by molar-refractivity contribution is -0.121. The van der Waals surface area contributed by atoms with E-state index >= 15 is 0 Å². The fourth-order valence-corrected chi connectivity index (χ4v) is 2.05. The molecule has 0 bridgehead atoms. The largest absolute Gasteiger partial charge is 0.389 e. The van der Waals surface area contributed by atoms with Crippen LogP contribution in [0.4, 0.5) is 5.69 Å². The number of anilines is 1. The zero-order chi connectivity index (χ0) is 15.1. The van der Waals surface area contributed by atoms with Crippen molar-refractivity contribution < 1.29 is 4.79 Å². The van der Waals surface area contributed by atoms with Gasteiger partial charge in [0.1, 0.15) is 4.99 Å². The van der Waals surface area contributed by atoms with Gasteiger partial charge in [-0.3, -0.25) is 4.79 Å². The van der Waals surface area contributed by atoms with Gasteiger partial charge in [0.25, 0.3) is 0 Å². The predicted molar refractivity (Wildman–Crippen MR) is 88.1 cm³/mol. The van der Waals surface area contributed by atoms with E-state index in [2.05, 4.69) is 17.6 Å². The lowest BCUT2D eigenvalue weighted by Crippen LogP contribution is -2.32. The van der Waals surface area contributed by atoms with Crippen LogP contribution >= 0.6 is 12.2 Å². The Morgan fingerprint density at radius 2 is 2.15 bits per heavy atom. The summed E-state index contributed by atoms with van der Waals surface area (Å²) in [5.41, 5.74) is 8.52. The van der Waals surface area contributed by atoms with Gasteiger partial charge < -0.3 is 16.4 Å². The Morgan fingerprint density at radius 3 is 2.70 bits per heavy atom. The minimum absolute atomic E-state index is 0.0725. The summed E-state index contributed by atoms with van der Waals surface area (Å²) in [6.07, 6.45) is 1.40. The van der Waals surface area contributed by atoms with E-state index in [1.807, 2.05) is 32.0 Å². The molecule has 0 radical (unpaired) electrons. The fourth-order valence-electron chi connectivity index (χ4n) is 1.82. The Labute approximate surface area is 126 Å². The number of hydrogen-bond acceptors (Lipinski definition) is 3. The molecule has 4 nitrogen and oxygen atoms in total. The van der Waals surface area contributed by atoms with Crippen molar-refractivity contribution in [2.45, 2.75) is 39.7 Å². The summed E-state index contributed by atoms with van der Waals surface area (Å²) in [4.78, 5) is 12.0. The van der Waals surface area contributed by atoms with Crippen LogP contribution in [0.2, 0.25) is 0 Å². The topological polar surface area (TPSA) is 67.2 Å². The second-order valence-electron chi connectivity index (χ2n) is 4.95. The van der Waals surface area contributed by atoms with Gasteiger partial charge in [0.15, 0.2) is 0 Å². The monoisotopic (exact) mass is 293 g/mol. The molecule has 5 heteroatoms. The van der Waals surface area contributed by atoms with Gasteiger partial charge in [-0.2, -0.15) is 0 Å². The van der Waals surface area contributed by atoms with Crippen LogP contribution in [0.5, 0.6) is 0 Å². The number of carbonyl (C=O) groups is 1. The lowest BCUT2D eigenvalue weighted by atomic mass is 10.1. The normalized spacial score (nSPS) is 11.8. The molecule has 0 aliphatic carbocycles. The first-order chi connectivity index (χ1) is 9.43. The molecule has 0 fully saturated rings. The van der Waals surface area contributed by atoms with E-state index in [0.717, 1.165) is 23.2 Å². The molecule has 0 saturated carbocycles. The molecule has 0 saturated heterocycles. The number of thiocarbonyl (C=S) groups is 1. The molecule has 110 valence electrons. The smallest absolute Gasteiger partial charge is 0.221 e. The molecule has 0 aliphatic rings. The van der Waals surface area contributed by atoms with Gasteiger partial charge in [-0.25, -0.2) is 0 Å². The zero-order valence-electron chi connectivity index (χ0n) is 12.3. The first-order valence-corrected chi connectivity index (χ1v) is 7.28. The predicted octanol–water partition coefficient (Wildman–Crippen LogP) is 2.35. The van der Waals surface area contributed by atoms with E-state index < -0.39 is 0 Å². The first-order valence-electron chi connectivity index (χ1n) is 6.87. The Balaban J connectivity index is 2.45. The Hall–Kier alpha value is -1.62. The van der Waals surface area contributed by atoms with Crippen LogP contribution < -0.4 is 16.4 Å². The quantitative estimate of drug-likeness (QED) is 0.675. The van der Waals surface area contributed by atoms with Gasteiger partial charge in [-0.15, -0.1) is 0 Å². The maximum Gasteiger partial charge on any atom is 0.221 e. The molecule has 1 aromatic carbocycles. The van der Waals surface area contributed by atoms with Crippen molar-refractivity contribution in [3.8, 4) is 0 Å². The third-order valence-corrected chi connectivity index (χ3v) is 3.41. The van der Waals surface area contributed by atoms with Gasteiger partial charge in [0.05, 0.1) is 0 Å². The molecular formula is C15H23N3OS. The maximum atomic E-state index is 11.6. The average molecular weight is 293 g/mol. The van der Waals surface area contributed by atoms with Crippen molar-refractivity contribution in [3.63, 3.8) is 0 Å². The summed E-state index contributed by atoms with van der Waals surface area (Å²) in [7, 11) is 0. The van der Waals surface area contributed by atoms with Crippen molar-refractivity contribution in [1.82, 2.24) is 5.32 Å². The molecule has 1 atom stereocenters. The molecule has 1 amide bonds. The van der Waals surface area contributed by atoms with Gasteiger partial charge in [0, 0.05) is 30.3 Å². The number of rotatable bonds is 7. The van der Waals surface area contributed by atoms with Crippen LogP contribution in [0.3, 0.4) is 0 Å². The van der Waals surface area contributed by atoms with Crippen LogP contribution in [0, 0.1) is 6.92 Å². The number of aryl methyl sites for hydroxylation is 1. The number of benzene rings is 1. The fraction of sp³-hybridized carbons (Fsp3) is 0.467. The summed E-state index contributed by atoms with van der Waals surface area (Å²) in [6.45, 7) is 6.63. The van der Waals surface area contributed by atoms with Crippen molar-refractivity contribution in [3.05, 3.63) is 29.3 Å². The molecule has 20 heavy (non-hydrogen) atoms. The highest BCUT2D eigenvalue weighted by Gasteiger charge is 2.06. The Morgan fingerprint density at radius 1 is 1.45 bits per heavy atom. The van der Waals surface area contributed by atoms with Crippen LogP contribution in [-0.2, 0) is 4.79 Å². The van der Waals surface area contributed by atoms with Crippen molar-refractivity contribution in [1.29, 1.82) is 0 Å². The van der Waals surface area contributed by atoms with E-state index in [0.29, 0.717) is 18.0 Å². The number of carbonyl (C=O) groups excluding carboxylic acids is 1. The van der Waals surface area contributed by atoms with E-state index in [1.165, 1.54) is 0 Å². The van der Waals surface area contributed by atoms with Crippen molar-refractivity contribution >= 4 is 28.8 Å². The van der Waals surface area contributed by atoms with Crippen molar-refractivity contribution in [2.24, 2.45) is 5.73 Å². The van der Waals surface area contributed by atoms with E-state index in [1.54, 1.807) is 0 Å². The Bertz CT molecular complexity index is 488. The molecule has 1 unspecified atom stereocenters. The summed E-state index contributed by atoms with van der Waals surface area (Å²) in [5.74, 6) is 0.0725. The van der Waals surface area contributed by atoms with Gasteiger partial charge in [0.2, 0.25) is 5.91 Å². The highest BCUT2D eigenvalue weighted by molar-refractivity contribution is 7.80. The molecule has 0 aliphatic heterocycles. The molecule has 0 spiro atoms. The zero-order valence-corrected chi connectivity index (χ0v) is 13.1. The second-order valence-corrected chi connectivity index (χ2v) is 5.39. The SMILES string of the molecule is CCC(C)NC(=O)CCNc1ccc(C(N)=S)c(C)c1. The van der Waals surface area contributed by atoms with E-state index in [-0.39, 0.29) is 11.9 Å². The molecule has 0 heterocycles. The highest BCUT2D eigenvalue weighted by Crippen LogP contribution is 2.15. The number of amides is 1. The summed E-state index contributed by atoms with van der Waals surface area (Å²) in [5, 5.41) is 6.17. The average Bonchev–Trinajstić information content (AvgIpc) is 2.38. The molecule has 0 aromatic heterocycles. The second kappa shape index (κ2) is 7.85. The third kappa shape index (κ3) is 5.17. The van der Waals surface area contributed by atoms with E-state index in [4.69, 9.17) is 18.0 Å². The molecule has 4 N–H and O–H groups in total. The lowest BCUT2D eigenvalue weighted by Gasteiger charge is -2.12. The van der Waals surface area contributed by atoms with Gasteiger partial charge in [-0.05, 0) is 44.0 Å². The highest BCUT2D eigenvalue weighted by atomic mass is 32.1. The minimum atomic E-state index is 0.0725. The van der Waals surface area contributed by atoms with E-state index in [9.17, 15) is 4.79 Å². The van der Waals surface area contributed by atoms with Crippen molar-refractivity contribution in [2.75, 3.05) is 11.9 Å². The van der Waals surface area contributed by atoms with Crippen LogP contribution in [0.15, 0.2) is 18.2 Å². The number of nitrogens with one attached hydrogen (secondary N) is 2. The van der Waals surface area contributed by atoms with Crippen LogP contribution in [0.1, 0.15) is 37.8 Å². The van der Waals surface area contributed by atoms with Crippen LogP contribution in [-0.4, -0.2) is 23.5 Å². The number of nitrogens with two attached hydrogens (primary N) is 1.